The Hall–Kier alpha value is -1.50. The van der Waals surface area contributed by atoms with Crippen LogP contribution in [0.3, 0.4) is 0 Å². The number of hydrogen-bond donors (Lipinski definition) is 0. The molecule has 17 heavy (non-hydrogen) atoms. The second kappa shape index (κ2) is 5.72. The zero-order chi connectivity index (χ0) is 11.5. The number of hydrogen-bond acceptors (Lipinski definition) is 4. The molecule has 5 heteroatoms. The zero-order valence-corrected chi connectivity index (χ0v) is 9.72. The summed E-state index contributed by atoms with van der Waals surface area (Å²) < 4.78 is 0. The van der Waals surface area contributed by atoms with Crippen molar-refractivity contribution in [3.05, 3.63) is 54.3 Å². The van der Waals surface area contributed by atoms with Crippen molar-refractivity contribution in [1.82, 2.24) is 9.88 Å². The van der Waals surface area contributed by atoms with Gasteiger partial charge in [0, 0.05) is 30.1 Å². The molecule has 0 aliphatic carbocycles. The Morgan fingerprint density at radius 2 is 2.35 bits per heavy atom. The number of ketones is 1. The molecule has 0 unspecified atom stereocenters. The fourth-order valence-corrected chi connectivity index (χ4v) is 1.67. The smallest absolute Gasteiger partial charge is 0.860 e. The average Bonchev–Trinajstić information content (AvgIpc) is 2.70. The van der Waals surface area contributed by atoms with Crippen LogP contribution in [0.1, 0.15) is 16.8 Å². The Morgan fingerprint density at radius 3 is 2.88 bits per heavy atom. The fourth-order valence-electron chi connectivity index (χ4n) is 1.67. The van der Waals surface area contributed by atoms with E-state index in [1.54, 1.807) is 18.3 Å². The summed E-state index contributed by atoms with van der Waals surface area (Å²) in [5.41, 5.74) is 0.768. The second-order valence-electron chi connectivity index (χ2n) is 3.48. The van der Waals surface area contributed by atoms with E-state index in [9.17, 15) is 9.90 Å². The molecular formula is C12H11LiN2O2. The van der Waals surface area contributed by atoms with Gasteiger partial charge >= 0.3 is 18.9 Å². The number of Topliss-reactive ketones (excluding diaryl/α,β-unsaturated/α-hetero) is 1. The molecule has 1 aromatic rings. The van der Waals surface area contributed by atoms with Crippen molar-refractivity contribution in [2.24, 2.45) is 0 Å². The first-order valence-corrected chi connectivity index (χ1v) is 4.98. The van der Waals surface area contributed by atoms with Gasteiger partial charge < -0.3 is 10.0 Å². The zero-order valence-electron chi connectivity index (χ0n) is 9.72. The normalized spacial score (nSPS) is 14.5. The van der Waals surface area contributed by atoms with Crippen molar-refractivity contribution >= 4 is 5.78 Å². The van der Waals surface area contributed by atoms with E-state index < -0.39 is 0 Å². The molecule has 0 bridgehead atoms. The van der Waals surface area contributed by atoms with Crippen LogP contribution in [-0.4, -0.2) is 22.2 Å². The molecule has 0 N–H and O–H groups in total. The van der Waals surface area contributed by atoms with Crippen molar-refractivity contribution in [3.8, 4) is 0 Å². The van der Waals surface area contributed by atoms with Gasteiger partial charge in [-0.05, 0) is 30.6 Å². The van der Waals surface area contributed by atoms with Gasteiger partial charge in [-0.2, -0.15) is 0 Å². The van der Waals surface area contributed by atoms with Crippen LogP contribution in [0.25, 0.3) is 0 Å². The monoisotopic (exact) mass is 222 g/mol. The van der Waals surface area contributed by atoms with Gasteiger partial charge in [0.2, 0.25) is 0 Å². The molecule has 82 valence electrons. The quantitative estimate of drug-likeness (QED) is 0.426. The summed E-state index contributed by atoms with van der Waals surface area (Å²) >= 11 is 0. The van der Waals surface area contributed by atoms with E-state index >= 15 is 0 Å². The van der Waals surface area contributed by atoms with Gasteiger partial charge in [-0.25, -0.2) is 0 Å². The molecular weight excluding hydrogens is 211 g/mol. The summed E-state index contributed by atoms with van der Waals surface area (Å²) in [6, 6.07) is 3.34. The predicted octanol–water partition coefficient (Wildman–Crippen LogP) is -2.31. The Balaban J connectivity index is 0.00000144. The number of rotatable bonds is 3. The third-order valence-corrected chi connectivity index (χ3v) is 2.54. The van der Waals surface area contributed by atoms with Gasteiger partial charge in [0.05, 0.1) is 0 Å². The first kappa shape index (κ1) is 13.6. The largest absolute Gasteiger partial charge is 1.00 e. The summed E-state index contributed by atoms with van der Waals surface area (Å²) in [5.74, 6) is -0.480. The number of nitrogens with zero attached hydrogens (tertiary/aromatic N) is 2. The molecule has 4 nitrogen and oxygen atoms in total. The predicted molar refractivity (Wildman–Crippen MR) is 57.1 cm³/mol. The summed E-state index contributed by atoms with van der Waals surface area (Å²) in [4.78, 5) is 17.3. The average molecular weight is 222 g/mol. The Kier molecular flexibility index (Phi) is 4.56. The molecule has 1 aliphatic heterocycles. The maximum Gasteiger partial charge on any atom is 1.00 e. The van der Waals surface area contributed by atoms with Gasteiger partial charge in [-0.15, -0.1) is 0 Å². The van der Waals surface area contributed by atoms with Gasteiger partial charge in [-0.3, -0.25) is 9.78 Å². The number of pyridine rings is 1. The van der Waals surface area contributed by atoms with E-state index in [4.69, 9.17) is 0 Å². The number of carbonyl (C=O) groups excluding carboxylic acids is 1. The Bertz CT molecular complexity index is 457. The molecule has 0 atom stereocenters. The summed E-state index contributed by atoms with van der Waals surface area (Å²) in [6.45, 7) is 4.06. The van der Waals surface area contributed by atoms with Crippen LogP contribution in [0.4, 0.5) is 0 Å². The summed E-state index contributed by atoms with van der Waals surface area (Å²) in [5, 5.41) is 11.7. The standard InChI is InChI=1S/C12H12N2O2.Li/c1-2-14-7-5-10(12(14)16)11(15)9-4-3-6-13-8-9;/h2-4,6,8,16H,1,5,7H2;/q;+1/p-1. The summed E-state index contributed by atoms with van der Waals surface area (Å²) in [6.07, 6.45) is 4.98. The first-order chi connectivity index (χ1) is 7.74. The molecule has 0 amide bonds. The van der Waals surface area contributed by atoms with Crippen LogP contribution in [0.2, 0.25) is 0 Å². The number of carbonyl (C=O) groups is 1. The van der Waals surface area contributed by atoms with Crippen molar-refractivity contribution in [3.63, 3.8) is 0 Å². The topological polar surface area (TPSA) is 56.3 Å². The minimum atomic E-state index is -0.246. The minimum absolute atomic E-state index is 0. The van der Waals surface area contributed by atoms with Crippen molar-refractivity contribution in [1.29, 1.82) is 0 Å². The fraction of sp³-hybridized carbons (Fsp3) is 0.167. The van der Waals surface area contributed by atoms with E-state index in [-0.39, 0.29) is 30.5 Å². The molecule has 2 heterocycles. The van der Waals surface area contributed by atoms with Crippen LogP contribution < -0.4 is 24.0 Å². The molecule has 1 aliphatic rings. The third-order valence-electron chi connectivity index (χ3n) is 2.54. The Labute approximate surface area is 112 Å². The maximum absolute atomic E-state index is 12.0. The van der Waals surface area contributed by atoms with Crippen LogP contribution in [0.15, 0.2) is 48.8 Å². The van der Waals surface area contributed by atoms with E-state index in [2.05, 4.69) is 11.6 Å². The van der Waals surface area contributed by atoms with Gasteiger partial charge in [0.1, 0.15) is 0 Å². The van der Waals surface area contributed by atoms with E-state index in [0.29, 0.717) is 24.1 Å². The van der Waals surface area contributed by atoms with E-state index in [1.807, 2.05) is 0 Å². The molecule has 2 rings (SSSR count). The van der Waals surface area contributed by atoms with Crippen LogP contribution >= 0.6 is 0 Å². The third kappa shape index (κ3) is 2.60. The molecule has 0 spiro atoms. The maximum atomic E-state index is 12.0. The molecule has 1 aromatic heterocycles. The molecule has 0 radical (unpaired) electrons. The summed E-state index contributed by atoms with van der Waals surface area (Å²) in [7, 11) is 0. The molecule has 0 fully saturated rings. The number of aromatic nitrogens is 1. The van der Waals surface area contributed by atoms with Crippen molar-refractivity contribution in [2.45, 2.75) is 6.42 Å². The van der Waals surface area contributed by atoms with Crippen molar-refractivity contribution in [2.75, 3.05) is 6.54 Å². The second-order valence-corrected chi connectivity index (χ2v) is 3.48. The van der Waals surface area contributed by atoms with E-state index in [0.717, 1.165) is 0 Å². The Morgan fingerprint density at radius 1 is 1.59 bits per heavy atom. The molecule has 0 aromatic carbocycles. The molecule has 0 saturated carbocycles. The van der Waals surface area contributed by atoms with Gasteiger partial charge in [0.15, 0.2) is 5.78 Å². The van der Waals surface area contributed by atoms with Crippen LogP contribution in [0.5, 0.6) is 0 Å². The van der Waals surface area contributed by atoms with Crippen LogP contribution in [-0.2, 0) is 0 Å². The SMILES string of the molecule is C=CN1CCC(C(=O)c2cccnc2)=C1[O-].[Li+]. The van der Waals surface area contributed by atoms with E-state index in [1.165, 1.54) is 17.3 Å². The van der Waals surface area contributed by atoms with Gasteiger partial charge in [0.25, 0.3) is 0 Å². The van der Waals surface area contributed by atoms with Crippen molar-refractivity contribution < 1.29 is 28.8 Å². The molecule has 0 saturated heterocycles. The van der Waals surface area contributed by atoms with Gasteiger partial charge in [-0.1, -0.05) is 6.58 Å². The first-order valence-electron chi connectivity index (χ1n) is 4.98. The van der Waals surface area contributed by atoms with Crippen LogP contribution in [0, 0.1) is 0 Å². The minimum Gasteiger partial charge on any atom is -0.860 e.